The van der Waals surface area contributed by atoms with Crippen molar-refractivity contribution in [3.63, 3.8) is 0 Å². The molecule has 0 bridgehead atoms. The lowest BCUT2D eigenvalue weighted by atomic mass is 9.88. The van der Waals surface area contributed by atoms with E-state index in [-0.39, 0.29) is 6.04 Å². The zero-order valence-electron chi connectivity index (χ0n) is 11.9. The zero-order valence-corrected chi connectivity index (χ0v) is 11.9. The van der Waals surface area contributed by atoms with Gasteiger partial charge in [-0.25, -0.2) is 0 Å². The second kappa shape index (κ2) is 7.51. The molecule has 19 heavy (non-hydrogen) atoms. The van der Waals surface area contributed by atoms with Crippen molar-refractivity contribution in [3.8, 4) is 5.75 Å². The van der Waals surface area contributed by atoms with E-state index in [9.17, 15) is 0 Å². The van der Waals surface area contributed by atoms with E-state index in [0.29, 0.717) is 13.2 Å². The first-order valence-corrected chi connectivity index (χ1v) is 7.40. The number of nitrogens with two attached hydrogens (primary N) is 1. The van der Waals surface area contributed by atoms with Gasteiger partial charge >= 0.3 is 0 Å². The first-order valence-electron chi connectivity index (χ1n) is 7.40. The number of fused-ring (bicyclic) bond motifs is 1. The van der Waals surface area contributed by atoms with Crippen LogP contribution in [-0.4, -0.2) is 19.8 Å². The lowest BCUT2D eigenvalue weighted by Crippen LogP contribution is -2.17. The standard InChI is InChI=1S/C16H25NO2/c1-2-3-9-18-10-11-19-14-8-7-13-5-4-6-16(17)15(13)12-14/h7-8,12,16H,2-6,9-11,17H2,1H3. The summed E-state index contributed by atoms with van der Waals surface area (Å²) in [6.45, 7) is 4.26. The summed E-state index contributed by atoms with van der Waals surface area (Å²) in [5, 5.41) is 0. The molecule has 1 aliphatic rings. The van der Waals surface area contributed by atoms with E-state index in [1.54, 1.807) is 0 Å². The second-order valence-electron chi connectivity index (χ2n) is 5.17. The van der Waals surface area contributed by atoms with Gasteiger partial charge in [0.15, 0.2) is 0 Å². The predicted molar refractivity (Wildman–Crippen MR) is 77.5 cm³/mol. The Morgan fingerprint density at radius 3 is 3.00 bits per heavy atom. The van der Waals surface area contributed by atoms with Crippen molar-refractivity contribution in [2.75, 3.05) is 19.8 Å². The van der Waals surface area contributed by atoms with Crippen LogP contribution in [0.2, 0.25) is 0 Å². The molecule has 0 saturated heterocycles. The SMILES string of the molecule is CCCCOCCOc1ccc2c(c1)C(N)CCC2. The third kappa shape index (κ3) is 4.22. The quantitative estimate of drug-likeness (QED) is 0.768. The van der Waals surface area contributed by atoms with Gasteiger partial charge in [-0.05, 0) is 48.9 Å². The van der Waals surface area contributed by atoms with Crippen molar-refractivity contribution >= 4 is 0 Å². The van der Waals surface area contributed by atoms with Gasteiger partial charge in [-0.3, -0.25) is 0 Å². The van der Waals surface area contributed by atoms with Crippen LogP contribution in [0.25, 0.3) is 0 Å². The van der Waals surface area contributed by atoms with Gasteiger partial charge in [0.1, 0.15) is 12.4 Å². The lowest BCUT2D eigenvalue weighted by Gasteiger charge is -2.22. The minimum Gasteiger partial charge on any atom is -0.491 e. The number of aryl methyl sites for hydroxylation is 1. The van der Waals surface area contributed by atoms with Crippen LogP contribution in [0.5, 0.6) is 5.75 Å². The van der Waals surface area contributed by atoms with E-state index < -0.39 is 0 Å². The molecule has 0 aromatic heterocycles. The third-order valence-corrected chi connectivity index (χ3v) is 3.62. The molecule has 0 fully saturated rings. The topological polar surface area (TPSA) is 44.5 Å². The molecule has 1 atom stereocenters. The van der Waals surface area contributed by atoms with E-state index in [0.717, 1.165) is 31.6 Å². The van der Waals surface area contributed by atoms with E-state index in [2.05, 4.69) is 19.1 Å². The molecule has 0 aliphatic heterocycles. The van der Waals surface area contributed by atoms with E-state index in [4.69, 9.17) is 15.2 Å². The predicted octanol–water partition coefficient (Wildman–Crippen LogP) is 3.22. The van der Waals surface area contributed by atoms with E-state index in [1.807, 2.05) is 6.07 Å². The molecule has 3 heteroatoms. The van der Waals surface area contributed by atoms with Crippen molar-refractivity contribution in [2.45, 2.75) is 45.1 Å². The van der Waals surface area contributed by atoms with Crippen LogP contribution in [0.15, 0.2) is 18.2 Å². The molecule has 1 aromatic carbocycles. The minimum atomic E-state index is 0.174. The van der Waals surface area contributed by atoms with Gasteiger partial charge in [0.05, 0.1) is 6.61 Å². The summed E-state index contributed by atoms with van der Waals surface area (Å²) < 4.78 is 11.2. The van der Waals surface area contributed by atoms with Crippen molar-refractivity contribution in [1.29, 1.82) is 0 Å². The molecule has 2 N–H and O–H groups in total. The maximum atomic E-state index is 6.14. The van der Waals surface area contributed by atoms with Gasteiger partial charge in [-0.15, -0.1) is 0 Å². The lowest BCUT2D eigenvalue weighted by molar-refractivity contribution is 0.0980. The van der Waals surface area contributed by atoms with Crippen LogP contribution in [0.4, 0.5) is 0 Å². The first-order chi connectivity index (χ1) is 9.31. The number of ether oxygens (including phenoxy) is 2. The maximum Gasteiger partial charge on any atom is 0.119 e. The largest absolute Gasteiger partial charge is 0.491 e. The fourth-order valence-corrected chi connectivity index (χ4v) is 2.47. The monoisotopic (exact) mass is 263 g/mol. The molecule has 0 heterocycles. The Balaban J connectivity index is 1.79. The highest BCUT2D eigenvalue weighted by Crippen LogP contribution is 2.30. The molecule has 1 aromatic rings. The van der Waals surface area contributed by atoms with Crippen molar-refractivity contribution in [1.82, 2.24) is 0 Å². The summed E-state index contributed by atoms with van der Waals surface area (Å²) in [5.74, 6) is 0.912. The maximum absolute atomic E-state index is 6.14. The fraction of sp³-hybridized carbons (Fsp3) is 0.625. The summed E-state index contributed by atoms with van der Waals surface area (Å²) in [5.41, 5.74) is 8.78. The van der Waals surface area contributed by atoms with Gasteiger partial charge in [-0.1, -0.05) is 19.4 Å². The highest BCUT2D eigenvalue weighted by atomic mass is 16.5. The Morgan fingerprint density at radius 1 is 1.26 bits per heavy atom. The van der Waals surface area contributed by atoms with Crippen molar-refractivity contribution in [3.05, 3.63) is 29.3 Å². The summed E-state index contributed by atoms with van der Waals surface area (Å²) in [6, 6.07) is 6.48. The fourth-order valence-electron chi connectivity index (χ4n) is 2.47. The van der Waals surface area contributed by atoms with Crippen LogP contribution < -0.4 is 10.5 Å². The van der Waals surface area contributed by atoms with Crippen molar-refractivity contribution in [2.24, 2.45) is 5.73 Å². The van der Waals surface area contributed by atoms with E-state index >= 15 is 0 Å². The Hall–Kier alpha value is -1.06. The van der Waals surface area contributed by atoms with Crippen LogP contribution >= 0.6 is 0 Å². The van der Waals surface area contributed by atoms with Gasteiger partial charge in [0.2, 0.25) is 0 Å². The Morgan fingerprint density at radius 2 is 2.16 bits per heavy atom. The normalized spacial score (nSPS) is 18.1. The molecule has 0 saturated carbocycles. The minimum absolute atomic E-state index is 0.174. The first kappa shape index (κ1) is 14.4. The summed E-state index contributed by atoms with van der Waals surface area (Å²) in [4.78, 5) is 0. The average Bonchev–Trinajstić information content (AvgIpc) is 2.43. The Labute approximate surface area is 116 Å². The highest BCUT2D eigenvalue weighted by Gasteiger charge is 2.17. The number of hydrogen-bond donors (Lipinski definition) is 1. The Kier molecular flexibility index (Phi) is 5.67. The molecule has 1 unspecified atom stereocenters. The van der Waals surface area contributed by atoms with Crippen LogP contribution in [0.1, 0.15) is 49.8 Å². The van der Waals surface area contributed by atoms with Gasteiger partial charge < -0.3 is 15.2 Å². The molecule has 0 spiro atoms. The average molecular weight is 263 g/mol. The van der Waals surface area contributed by atoms with Gasteiger partial charge in [-0.2, -0.15) is 0 Å². The zero-order chi connectivity index (χ0) is 13.5. The molecule has 0 amide bonds. The summed E-state index contributed by atoms with van der Waals surface area (Å²) in [6.07, 6.45) is 5.71. The highest BCUT2D eigenvalue weighted by molar-refractivity contribution is 5.39. The Bertz CT molecular complexity index is 392. The van der Waals surface area contributed by atoms with Crippen LogP contribution in [0, 0.1) is 0 Å². The molecule has 106 valence electrons. The van der Waals surface area contributed by atoms with Crippen LogP contribution in [0.3, 0.4) is 0 Å². The molecule has 0 radical (unpaired) electrons. The molecule has 3 nitrogen and oxygen atoms in total. The smallest absolute Gasteiger partial charge is 0.119 e. The summed E-state index contributed by atoms with van der Waals surface area (Å²) >= 11 is 0. The molecular weight excluding hydrogens is 238 g/mol. The number of rotatable bonds is 7. The summed E-state index contributed by atoms with van der Waals surface area (Å²) in [7, 11) is 0. The number of benzene rings is 1. The number of hydrogen-bond acceptors (Lipinski definition) is 3. The second-order valence-corrected chi connectivity index (χ2v) is 5.17. The third-order valence-electron chi connectivity index (χ3n) is 3.62. The molecular formula is C16H25NO2. The van der Waals surface area contributed by atoms with Gasteiger partial charge in [0.25, 0.3) is 0 Å². The van der Waals surface area contributed by atoms with Gasteiger partial charge in [0, 0.05) is 12.6 Å². The van der Waals surface area contributed by atoms with Crippen molar-refractivity contribution < 1.29 is 9.47 Å². The number of unbranched alkanes of at least 4 members (excludes halogenated alkanes) is 1. The van der Waals surface area contributed by atoms with Crippen LogP contribution in [-0.2, 0) is 11.2 Å². The molecule has 2 rings (SSSR count). The molecule has 1 aliphatic carbocycles. The van der Waals surface area contributed by atoms with E-state index in [1.165, 1.54) is 24.0 Å².